The summed E-state index contributed by atoms with van der Waals surface area (Å²) in [5.74, 6) is 0.197. The lowest BCUT2D eigenvalue weighted by Gasteiger charge is -2.12. The van der Waals surface area contributed by atoms with Gasteiger partial charge in [0.15, 0.2) is 6.29 Å². The third kappa shape index (κ3) is 3.61. The lowest BCUT2D eigenvalue weighted by molar-refractivity contribution is -0.137. The summed E-state index contributed by atoms with van der Waals surface area (Å²) in [7, 11) is 0. The molecule has 0 amide bonds. The smallest absolute Gasteiger partial charge is 0.416 e. The molecule has 1 heterocycles. The maximum atomic E-state index is 12.4. The van der Waals surface area contributed by atoms with E-state index in [1.807, 2.05) is 0 Å². The molecule has 2 rings (SSSR count). The molecule has 1 fully saturated rings. The van der Waals surface area contributed by atoms with Crippen LogP contribution in [0.15, 0.2) is 24.3 Å². The lowest BCUT2D eigenvalue weighted by Crippen LogP contribution is -2.13. The molecule has 1 aliphatic heterocycles. The van der Waals surface area contributed by atoms with Crippen LogP contribution in [0.3, 0.4) is 0 Å². The van der Waals surface area contributed by atoms with E-state index in [9.17, 15) is 13.2 Å². The number of hydrogen-bond donors (Lipinski definition) is 0. The van der Waals surface area contributed by atoms with E-state index in [4.69, 9.17) is 14.2 Å². The van der Waals surface area contributed by atoms with E-state index >= 15 is 0 Å². The van der Waals surface area contributed by atoms with E-state index in [-0.39, 0.29) is 18.6 Å². The fourth-order valence-corrected chi connectivity index (χ4v) is 1.61. The van der Waals surface area contributed by atoms with E-state index in [2.05, 4.69) is 0 Å². The Balaban J connectivity index is 1.85. The van der Waals surface area contributed by atoms with Gasteiger partial charge in [-0.1, -0.05) is 6.07 Å². The van der Waals surface area contributed by atoms with E-state index in [1.54, 1.807) is 0 Å². The summed E-state index contributed by atoms with van der Waals surface area (Å²) < 4.78 is 52.9. The molecule has 0 aromatic heterocycles. The fourth-order valence-electron chi connectivity index (χ4n) is 1.61. The van der Waals surface area contributed by atoms with Gasteiger partial charge in [0.25, 0.3) is 0 Å². The van der Waals surface area contributed by atoms with Gasteiger partial charge in [0.05, 0.1) is 25.4 Å². The summed E-state index contributed by atoms with van der Waals surface area (Å²) in [5.41, 5.74) is -0.714. The Labute approximate surface area is 102 Å². The first-order chi connectivity index (χ1) is 8.55. The zero-order chi connectivity index (χ0) is 13.0. The second-order valence-electron chi connectivity index (χ2n) is 3.83. The Bertz CT molecular complexity index is 386. The van der Waals surface area contributed by atoms with Crippen LogP contribution in [-0.4, -0.2) is 26.1 Å². The molecule has 0 aliphatic carbocycles. The fraction of sp³-hybridized carbons (Fsp3) is 0.500. The largest absolute Gasteiger partial charge is 0.493 e. The van der Waals surface area contributed by atoms with Crippen molar-refractivity contribution in [1.29, 1.82) is 0 Å². The molecule has 0 unspecified atom stereocenters. The first-order valence-corrected chi connectivity index (χ1v) is 5.59. The molecule has 1 aliphatic rings. The summed E-state index contributed by atoms with van der Waals surface area (Å²) in [6, 6.07) is 4.80. The normalized spacial score (nSPS) is 17.1. The topological polar surface area (TPSA) is 27.7 Å². The molecule has 3 nitrogen and oxygen atoms in total. The Morgan fingerprint density at radius 3 is 2.61 bits per heavy atom. The highest BCUT2D eigenvalue weighted by Crippen LogP contribution is 2.31. The minimum Gasteiger partial charge on any atom is -0.493 e. The standard InChI is InChI=1S/C12H13F3O3/c13-12(14,15)9-2-1-3-10(8-9)16-5-4-11-17-6-7-18-11/h1-3,8,11H,4-7H2. The second kappa shape index (κ2) is 5.58. The lowest BCUT2D eigenvalue weighted by atomic mass is 10.2. The molecule has 100 valence electrons. The van der Waals surface area contributed by atoms with Crippen molar-refractivity contribution in [3.63, 3.8) is 0 Å². The minimum atomic E-state index is -4.35. The van der Waals surface area contributed by atoms with Crippen LogP contribution < -0.4 is 4.74 Å². The molecule has 0 saturated carbocycles. The molecule has 0 radical (unpaired) electrons. The van der Waals surface area contributed by atoms with Crippen LogP contribution in [0, 0.1) is 0 Å². The molecular weight excluding hydrogens is 249 g/mol. The zero-order valence-corrected chi connectivity index (χ0v) is 9.57. The van der Waals surface area contributed by atoms with Crippen LogP contribution in [0.1, 0.15) is 12.0 Å². The SMILES string of the molecule is FC(F)(F)c1cccc(OCCC2OCCO2)c1. The number of alkyl halides is 3. The van der Waals surface area contributed by atoms with Crippen molar-refractivity contribution < 1.29 is 27.4 Å². The third-order valence-corrected chi connectivity index (χ3v) is 2.47. The second-order valence-corrected chi connectivity index (χ2v) is 3.83. The van der Waals surface area contributed by atoms with Gasteiger partial charge in [-0.2, -0.15) is 13.2 Å². The van der Waals surface area contributed by atoms with Crippen LogP contribution in [0.4, 0.5) is 13.2 Å². The zero-order valence-electron chi connectivity index (χ0n) is 9.57. The van der Waals surface area contributed by atoms with E-state index in [0.29, 0.717) is 19.6 Å². The Kier molecular flexibility index (Phi) is 4.08. The van der Waals surface area contributed by atoms with Crippen molar-refractivity contribution >= 4 is 0 Å². The van der Waals surface area contributed by atoms with E-state index in [0.717, 1.165) is 12.1 Å². The van der Waals surface area contributed by atoms with Crippen LogP contribution in [0.2, 0.25) is 0 Å². The molecule has 6 heteroatoms. The predicted octanol–water partition coefficient (Wildman–Crippen LogP) is 2.85. The molecule has 1 aromatic rings. The Morgan fingerprint density at radius 1 is 1.22 bits per heavy atom. The third-order valence-electron chi connectivity index (χ3n) is 2.47. The highest BCUT2D eigenvalue weighted by molar-refractivity contribution is 5.30. The molecule has 0 bridgehead atoms. The predicted molar refractivity (Wildman–Crippen MR) is 57.2 cm³/mol. The average Bonchev–Trinajstić information content (AvgIpc) is 2.81. The van der Waals surface area contributed by atoms with Crippen molar-refractivity contribution in [3.05, 3.63) is 29.8 Å². The van der Waals surface area contributed by atoms with Crippen molar-refractivity contribution in [2.45, 2.75) is 18.9 Å². The number of hydrogen-bond acceptors (Lipinski definition) is 3. The van der Waals surface area contributed by atoms with Gasteiger partial charge in [0.1, 0.15) is 5.75 Å². The van der Waals surface area contributed by atoms with Crippen molar-refractivity contribution in [3.8, 4) is 5.75 Å². The van der Waals surface area contributed by atoms with Gasteiger partial charge in [-0.3, -0.25) is 0 Å². The number of halogens is 3. The maximum Gasteiger partial charge on any atom is 0.416 e. The number of rotatable bonds is 4. The molecule has 0 N–H and O–H groups in total. The summed E-state index contributed by atoms with van der Waals surface area (Å²) in [6.45, 7) is 1.36. The van der Waals surface area contributed by atoms with Crippen molar-refractivity contribution in [1.82, 2.24) is 0 Å². The van der Waals surface area contributed by atoms with Gasteiger partial charge in [-0.15, -0.1) is 0 Å². The van der Waals surface area contributed by atoms with Gasteiger partial charge < -0.3 is 14.2 Å². The van der Waals surface area contributed by atoms with Gasteiger partial charge in [0.2, 0.25) is 0 Å². The first kappa shape index (κ1) is 13.2. The van der Waals surface area contributed by atoms with Crippen LogP contribution in [0.5, 0.6) is 5.75 Å². The summed E-state index contributed by atoms with van der Waals surface area (Å²) in [6.07, 6.45) is -4.16. The Morgan fingerprint density at radius 2 is 1.94 bits per heavy atom. The number of ether oxygens (including phenoxy) is 3. The van der Waals surface area contributed by atoms with Gasteiger partial charge >= 0.3 is 6.18 Å². The highest BCUT2D eigenvalue weighted by atomic mass is 19.4. The van der Waals surface area contributed by atoms with Gasteiger partial charge in [-0.05, 0) is 18.2 Å². The van der Waals surface area contributed by atoms with Gasteiger partial charge in [0, 0.05) is 6.42 Å². The molecule has 1 aromatic carbocycles. The van der Waals surface area contributed by atoms with E-state index < -0.39 is 11.7 Å². The van der Waals surface area contributed by atoms with Crippen molar-refractivity contribution in [2.75, 3.05) is 19.8 Å². The number of benzene rings is 1. The summed E-state index contributed by atoms with van der Waals surface area (Å²) in [5, 5.41) is 0. The van der Waals surface area contributed by atoms with Crippen LogP contribution in [0.25, 0.3) is 0 Å². The quantitative estimate of drug-likeness (QED) is 0.835. The Hall–Kier alpha value is -1.27. The summed E-state index contributed by atoms with van der Waals surface area (Å²) in [4.78, 5) is 0. The molecule has 18 heavy (non-hydrogen) atoms. The van der Waals surface area contributed by atoms with Crippen LogP contribution in [-0.2, 0) is 15.7 Å². The monoisotopic (exact) mass is 262 g/mol. The molecule has 0 atom stereocenters. The van der Waals surface area contributed by atoms with Crippen molar-refractivity contribution in [2.24, 2.45) is 0 Å². The molecule has 1 saturated heterocycles. The minimum absolute atomic E-state index is 0.197. The van der Waals surface area contributed by atoms with E-state index in [1.165, 1.54) is 12.1 Å². The molecule has 0 spiro atoms. The first-order valence-electron chi connectivity index (χ1n) is 5.59. The average molecular weight is 262 g/mol. The molecular formula is C12H13F3O3. The summed E-state index contributed by atoms with van der Waals surface area (Å²) >= 11 is 0. The van der Waals surface area contributed by atoms with Gasteiger partial charge in [-0.25, -0.2) is 0 Å². The maximum absolute atomic E-state index is 12.4. The van der Waals surface area contributed by atoms with Crippen LogP contribution >= 0.6 is 0 Å². The highest BCUT2D eigenvalue weighted by Gasteiger charge is 2.30.